The van der Waals surface area contributed by atoms with E-state index in [0.29, 0.717) is 11.7 Å². The van der Waals surface area contributed by atoms with Gasteiger partial charge in [-0.25, -0.2) is 4.98 Å². The van der Waals surface area contributed by atoms with Gasteiger partial charge in [-0.3, -0.25) is 4.98 Å². The predicted molar refractivity (Wildman–Crippen MR) is 90.7 cm³/mol. The molecule has 2 heterocycles. The van der Waals surface area contributed by atoms with Crippen molar-refractivity contribution < 1.29 is 0 Å². The van der Waals surface area contributed by atoms with E-state index in [0.717, 1.165) is 22.2 Å². The quantitative estimate of drug-likeness (QED) is 0.762. The van der Waals surface area contributed by atoms with Gasteiger partial charge in [-0.1, -0.05) is 32.0 Å². The number of rotatable bonds is 2. The number of pyridine rings is 2. The van der Waals surface area contributed by atoms with E-state index in [9.17, 15) is 0 Å². The molecule has 0 aliphatic rings. The van der Waals surface area contributed by atoms with Crippen molar-refractivity contribution in [3.05, 3.63) is 54.5 Å². The van der Waals surface area contributed by atoms with Crippen molar-refractivity contribution in [1.29, 1.82) is 0 Å². The fourth-order valence-corrected chi connectivity index (χ4v) is 2.51. The van der Waals surface area contributed by atoms with Crippen LogP contribution in [0, 0.1) is 0 Å². The molecule has 0 spiro atoms. The van der Waals surface area contributed by atoms with Crippen LogP contribution in [0.4, 0.5) is 5.82 Å². The van der Waals surface area contributed by atoms with Crippen LogP contribution >= 0.6 is 12.4 Å². The van der Waals surface area contributed by atoms with E-state index in [-0.39, 0.29) is 12.4 Å². The maximum absolute atomic E-state index is 5.83. The summed E-state index contributed by atoms with van der Waals surface area (Å²) in [7, 11) is 0. The Balaban J connectivity index is 0.00000161. The Kier molecular flexibility index (Phi) is 4.43. The topological polar surface area (TPSA) is 51.8 Å². The first-order chi connectivity index (χ1) is 9.66. The summed E-state index contributed by atoms with van der Waals surface area (Å²) in [5.74, 6) is 0.885. The lowest BCUT2D eigenvalue weighted by molar-refractivity contribution is 0.828. The molecule has 0 unspecified atom stereocenters. The van der Waals surface area contributed by atoms with Gasteiger partial charge >= 0.3 is 0 Å². The van der Waals surface area contributed by atoms with Crippen molar-refractivity contribution in [3.8, 4) is 11.1 Å². The Hall–Kier alpha value is -2.13. The summed E-state index contributed by atoms with van der Waals surface area (Å²) in [5.41, 5.74) is 9.15. The van der Waals surface area contributed by atoms with Crippen LogP contribution in [-0.4, -0.2) is 9.97 Å². The van der Waals surface area contributed by atoms with Crippen LogP contribution in [-0.2, 0) is 0 Å². The molecule has 0 aliphatic carbocycles. The fourth-order valence-electron chi connectivity index (χ4n) is 2.51. The van der Waals surface area contributed by atoms with Crippen molar-refractivity contribution in [2.24, 2.45) is 0 Å². The molecule has 0 atom stereocenters. The molecule has 0 saturated heterocycles. The first-order valence-corrected chi connectivity index (χ1v) is 6.76. The van der Waals surface area contributed by atoms with E-state index in [1.54, 1.807) is 0 Å². The first-order valence-electron chi connectivity index (χ1n) is 6.76. The molecule has 0 saturated carbocycles. The van der Waals surface area contributed by atoms with Crippen LogP contribution in [0.5, 0.6) is 0 Å². The predicted octanol–water partition coefficient (Wildman–Crippen LogP) is 4.42. The number of hydrogen-bond acceptors (Lipinski definition) is 3. The molecular formula is C17H18ClN3. The molecule has 3 aromatic rings. The lowest BCUT2D eigenvalue weighted by Crippen LogP contribution is -2.00. The van der Waals surface area contributed by atoms with E-state index >= 15 is 0 Å². The number of nitrogens with two attached hydrogens (primary N) is 1. The Bertz CT molecular complexity index is 764. The maximum Gasteiger partial charge on any atom is 0.123 e. The minimum Gasteiger partial charge on any atom is -0.384 e. The lowest BCUT2D eigenvalue weighted by Gasteiger charge is -2.14. The molecule has 3 nitrogen and oxygen atoms in total. The maximum atomic E-state index is 5.83. The average Bonchev–Trinajstić information content (AvgIpc) is 2.46. The number of nitrogen functional groups attached to an aromatic ring is 1. The van der Waals surface area contributed by atoms with Gasteiger partial charge in [0.15, 0.2) is 0 Å². The van der Waals surface area contributed by atoms with E-state index in [2.05, 4.69) is 48.1 Å². The number of nitrogens with zero attached hydrogens (tertiary/aromatic N) is 2. The van der Waals surface area contributed by atoms with Crippen LogP contribution in [0.2, 0.25) is 0 Å². The average molecular weight is 300 g/mol. The molecule has 1 aromatic carbocycles. The summed E-state index contributed by atoms with van der Waals surface area (Å²) in [4.78, 5) is 8.76. The largest absolute Gasteiger partial charge is 0.384 e. The standard InChI is InChI=1S/C17H17N3.ClH/c1-11(2)17-14(6-7-16(18)20-17)13-5-3-4-12-8-9-19-10-15(12)13;/h3-11H,1-2H3,(H2,18,20);1H. The van der Waals surface area contributed by atoms with Crippen molar-refractivity contribution >= 4 is 29.0 Å². The highest BCUT2D eigenvalue weighted by molar-refractivity contribution is 5.96. The van der Waals surface area contributed by atoms with Gasteiger partial charge in [0.05, 0.1) is 5.69 Å². The van der Waals surface area contributed by atoms with Gasteiger partial charge in [0.25, 0.3) is 0 Å². The van der Waals surface area contributed by atoms with Gasteiger partial charge in [-0.15, -0.1) is 12.4 Å². The zero-order valence-electron chi connectivity index (χ0n) is 12.1. The molecule has 2 aromatic heterocycles. The molecule has 0 bridgehead atoms. The number of halogens is 1. The van der Waals surface area contributed by atoms with Crippen LogP contribution < -0.4 is 5.73 Å². The Morgan fingerprint density at radius 1 is 1.00 bits per heavy atom. The van der Waals surface area contributed by atoms with Gasteiger partial charge in [0, 0.05) is 23.3 Å². The Morgan fingerprint density at radius 3 is 2.57 bits per heavy atom. The second-order valence-electron chi connectivity index (χ2n) is 5.23. The molecule has 2 N–H and O–H groups in total. The normalized spacial score (nSPS) is 10.6. The third-order valence-corrected chi connectivity index (χ3v) is 3.47. The zero-order chi connectivity index (χ0) is 14.1. The number of fused-ring (bicyclic) bond motifs is 1. The molecule has 0 amide bonds. The SMILES string of the molecule is CC(C)c1nc(N)ccc1-c1cccc2ccncc12.Cl. The van der Waals surface area contributed by atoms with Gasteiger partial charge in [0.1, 0.15) is 5.82 Å². The highest BCUT2D eigenvalue weighted by Gasteiger charge is 2.13. The van der Waals surface area contributed by atoms with Crippen LogP contribution in [0.3, 0.4) is 0 Å². The van der Waals surface area contributed by atoms with Crippen molar-refractivity contribution in [2.75, 3.05) is 5.73 Å². The Labute approximate surface area is 130 Å². The van der Waals surface area contributed by atoms with Crippen LogP contribution in [0.1, 0.15) is 25.5 Å². The molecular weight excluding hydrogens is 282 g/mol. The smallest absolute Gasteiger partial charge is 0.123 e. The molecule has 21 heavy (non-hydrogen) atoms. The van der Waals surface area contributed by atoms with E-state index in [1.807, 2.05) is 24.5 Å². The van der Waals surface area contributed by atoms with Crippen molar-refractivity contribution in [1.82, 2.24) is 9.97 Å². The summed E-state index contributed by atoms with van der Waals surface area (Å²) < 4.78 is 0. The summed E-state index contributed by atoms with van der Waals surface area (Å²) in [6.07, 6.45) is 3.72. The van der Waals surface area contributed by atoms with E-state index < -0.39 is 0 Å². The number of aromatic nitrogens is 2. The number of hydrogen-bond donors (Lipinski definition) is 1. The Morgan fingerprint density at radius 2 is 1.81 bits per heavy atom. The fraction of sp³-hybridized carbons (Fsp3) is 0.176. The summed E-state index contributed by atoms with van der Waals surface area (Å²) in [5, 5.41) is 2.33. The summed E-state index contributed by atoms with van der Waals surface area (Å²) >= 11 is 0. The monoisotopic (exact) mass is 299 g/mol. The second-order valence-corrected chi connectivity index (χ2v) is 5.23. The zero-order valence-corrected chi connectivity index (χ0v) is 12.9. The summed E-state index contributed by atoms with van der Waals surface area (Å²) in [6, 6.07) is 12.2. The minimum absolute atomic E-state index is 0. The third-order valence-electron chi connectivity index (χ3n) is 3.47. The molecule has 0 fully saturated rings. The molecule has 108 valence electrons. The number of anilines is 1. The highest BCUT2D eigenvalue weighted by atomic mass is 35.5. The molecule has 4 heteroatoms. The lowest BCUT2D eigenvalue weighted by atomic mass is 9.94. The van der Waals surface area contributed by atoms with E-state index in [4.69, 9.17) is 5.73 Å². The van der Waals surface area contributed by atoms with Crippen molar-refractivity contribution in [2.45, 2.75) is 19.8 Å². The third kappa shape index (κ3) is 2.83. The molecule has 0 aliphatic heterocycles. The van der Waals surface area contributed by atoms with Crippen molar-refractivity contribution in [3.63, 3.8) is 0 Å². The van der Waals surface area contributed by atoms with Gasteiger partial charge in [-0.2, -0.15) is 0 Å². The second kappa shape index (κ2) is 6.10. The van der Waals surface area contributed by atoms with E-state index in [1.165, 1.54) is 5.39 Å². The van der Waals surface area contributed by atoms with Gasteiger partial charge in [-0.05, 0) is 35.1 Å². The number of benzene rings is 1. The van der Waals surface area contributed by atoms with Gasteiger partial charge < -0.3 is 5.73 Å². The van der Waals surface area contributed by atoms with Crippen LogP contribution in [0.15, 0.2) is 48.8 Å². The van der Waals surface area contributed by atoms with Crippen LogP contribution in [0.25, 0.3) is 21.9 Å². The highest BCUT2D eigenvalue weighted by Crippen LogP contribution is 2.33. The molecule has 0 radical (unpaired) electrons. The molecule has 3 rings (SSSR count). The summed E-state index contributed by atoms with van der Waals surface area (Å²) in [6.45, 7) is 4.27. The van der Waals surface area contributed by atoms with Gasteiger partial charge in [0.2, 0.25) is 0 Å². The minimum atomic E-state index is 0. The first kappa shape index (κ1) is 15.3.